The maximum Gasteiger partial charge on any atom is 0.356 e. The normalized spacial score (nSPS) is 14.2. The van der Waals surface area contributed by atoms with Gasteiger partial charge in [-0.3, -0.25) is 0 Å². The van der Waals surface area contributed by atoms with Crippen LogP contribution in [-0.2, 0) is 4.74 Å². The Labute approximate surface area is 140 Å². The van der Waals surface area contributed by atoms with Crippen LogP contribution in [-0.4, -0.2) is 33.1 Å². The predicted molar refractivity (Wildman–Crippen MR) is 87.7 cm³/mol. The molecule has 0 amide bonds. The van der Waals surface area contributed by atoms with Crippen LogP contribution in [0.25, 0.3) is 16.6 Å². The molecule has 4 rings (SSSR count). The van der Waals surface area contributed by atoms with Crippen molar-refractivity contribution in [2.24, 2.45) is 0 Å². The maximum atomic E-state index is 11.8. The fourth-order valence-electron chi connectivity index (χ4n) is 2.55. The van der Waals surface area contributed by atoms with E-state index in [0.717, 1.165) is 21.2 Å². The summed E-state index contributed by atoms with van der Waals surface area (Å²) in [5.74, 6) is 0.0590. The number of hydrogen-bond donors (Lipinski definition) is 0. The van der Waals surface area contributed by atoms with Crippen molar-refractivity contribution in [1.29, 1.82) is 0 Å². The number of carbonyl (C=O) groups excluding carboxylic acids is 1. The summed E-state index contributed by atoms with van der Waals surface area (Å²) in [6, 6.07) is 7.44. The van der Waals surface area contributed by atoms with Gasteiger partial charge in [-0.1, -0.05) is 33.3 Å². The van der Waals surface area contributed by atoms with Crippen molar-refractivity contribution in [3.8, 4) is 5.69 Å². The first-order valence-electron chi connectivity index (χ1n) is 7.27. The highest BCUT2D eigenvalue weighted by atomic mass is 79.9. The second-order valence-corrected chi connectivity index (χ2v) is 6.37. The van der Waals surface area contributed by atoms with Crippen molar-refractivity contribution >= 4 is 32.8 Å². The number of methoxy groups -OCH3 is 1. The van der Waals surface area contributed by atoms with E-state index in [1.54, 1.807) is 10.7 Å². The lowest BCUT2D eigenvalue weighted by atomic mass is 10.1. The summed E-state index contributed by atoms with van der Waals surface area (Å²) in [6.45, 7) is 0. The monoisotopic (exact) mass is 372 g/mol. The molecule has 7 heteroatoms. The van der Waals surface area contributed by atoms with E-state index in [1.165, 1.54) is 20.0 Å². The lowest BCUT2D eigenvalue weighted by Crippen LogP contribution is -2.06. The van der Waals surface area contributed by atoms with Gasteiger partial charge in [0.1, 0.15) is 5.69 Å². The zero-order valence-corrected chi connectivity index (χ0v) is 13.9. The number of esters is 1. The molecule has 1 aliphatic rings. The molecule has 1 fully saturated rings. The van der Waals surface area contributed by atoms with Crippen molar-refractivity contribution < 1.29 is 9.53 Å². The zero-order valence-electron chi connectivity index (χ0n) is 12.4. The molecule has 116 valence electrons. The zero-order chi connectivity index (χ0) is 16.0. The molecular formula is C16H13BrN4O2. The molecule has 0 N–H and O–H groups in total. The summed E-state index contributed by atoms with van der Waals surface area (Å²) in [4.78, 5) is 16.3. The lowest BCUT2D eigenvalue weighted by Gasteiger charge is -2.08. The van der Waals surface area contributed by atoms with Crippen LogP contribution in [0.1, 0.15) is 34.9 Å². The Morgan fingerprint density at radius 2 is 2.22 bits per heavy atom. The number of fused-ring (bicyclic) bond motifs is 1. The van der Waals surface area contributed by atoms with Crippen LogP contribution in [0.2, 0.25) is 0 Å². The van der Waals surface area contributed by atoms with E-state index in [4.69, 9.17) is 4.74 Å². The van der Waals surface area contributed by atoms with E-state index in [-0.39, 0.29) is 5.69 Å². The first-order valence-corrected chi connectivity index (χ1v) is 8.07. The standard InChI is InChI=1S/C16H13BrN4O2/c1-23-16(22)12-7-11(17)10-3-2-4-14(15(10)18-12)21-8-13(19-20-21)9-5-6-9/h2-4,7-9H,5-6H2,1H3. The van der Waals surface area contributed by atoms with Crippen molar-refractivity contribution in [2.75, 3.05) is 7.11 Å². The number of carbonyl (C=O) groups is 1. The number of benzene rings is 1. The topological polar surface area (TPSA) is 69.9 Å². The van der Waals surface area contributed by atoms with Crippen LogP contribution in [0, 0.1) is 0 Å². The maximum absolute atomic E-state index is 11.8. The largest absolute Gasteiger partial charge is 0.464 e. The van der Waals surface area contributed by atoms with Crippen molar-refractivity contribution in [1.82, 2.24) is 20.0 Å². The molecule has 1 saturated carbocycles. The SMILES string of the molecule is COC(=O)c1cc(Br)c2cccc(-n3cc(C4CC4)nn3)c2n1. The summed E-state index contributed by atoms with van der Waals surface area (Å²) in [5, 5.41) is 9.36. The Bertz CT molecular complexity index is 918. The molecule has 0 radical (unpaired) electrons. The number of ether oxygens (including phenoxy) is 1. The van der Waals surface area contributed by atoms with Gasteiger partial charge in [0.2, 0.25) is 0 Å². The van der Waals surface area contributed by atoms with E-state index in [0.29, 0.717) is 11.4 Å². The highest BCUT2D eigenvalue weighted by Crippen LogP contribution is 2.39. The highest BCUT2D eigenvalue weighted by Gasteiger charge is 2.27. The first-order chi connectivity index (χ1) is 11.2. The van der Waals surface area contributed by atoms with Crippen LogP contribution < -0.4 is 0 Å². The summed E-state index contributed by atoms with van der Waals surface area (Å²) >= 11 is 3.50. The Morgan fingerprint density at radius 3 is 2.96 bits per heavy atom. The first kappa shape index (κ1) is 14.3. The van der Waals surface area contributed by atoms with Gasteiger partial charge in [-0.25, -0.2) is 14.5 Å². The molecule has 0 atom stereocenters. The van der Waals surface area contributed by atoms with Crippen molar-refractivity contribution in [3.05, 3.63) is 46.3 Å². The molecular weight excluding hydrogens is 360 g/mol. The molecule has 0 unspecified atom stereocenters. The summed E-state index contributed by atoms with van der Waals surface area (Å²) in [7, 11) is 1.34. The van der Waals surface area contributed by atoms with Gasteiger partial charge in [0.15, 0.2) is 0 Å². The van der Waals surface area contributed by atoms with Gasteiger partial charge in [0.05, 0.1) is 30.2 Å². The average molecular weight is 373 g/mol. The van der Waals surface area contributed by atoms with Crippen molar-refractivity contribution in [3.63, 3.8) is 0 Å². The van der Waals surface area contributed by atoms with E-state index in [1.807, 2.05) is 24.4 Å². The molecule has 0 aliphatic heterocycles. The van der Waals surface area contributed by atoms with E-state index in [2.05, 4.69) is 31.2 Å². The number of pyridine rings is 1. The van der Waals surface area contributed by atoms with Crippen LogP contribution in [0.4, 0.5) is 0 Å². The summed E-state index contributed by atoms with van der Waals surface area (Å²) in [6.07, 6.45) is 4.28. The Morgan fingerprint density at radius 1 is 1.39 bits per heavy atom. The molecule has 0 saturated heterocycles. The predicted octanol–water partition coefficient (Wildman–Crippen LogP) is 3.24. The van der Waals surface area contributed by atoms with Crippen LogP contribution in [0.5, 0.6) is 0 Å². The molecule has 0 bridgehead atoms. The molecule has 2 heterocycles. The van der Waals surface area contributed by atoms with Crippen molar-refractivity contribution in [2.45, 2.75) is 18.8 Å². The van der Waals surface area contributed by atoms with Gasteiger partial charge in [-0.2, -0.15) is 0 Å². The van der Waals surface area contributed by atoms with E-state index in [9.17, 15) is 4.79 Å². The van der Waals surface area contributed by atoms with Crippen LogP contribution in [0.15, 0.2) is 34.9 Å². The molecule has 1 aliphatic carbocycles. The smallest absolute Gasteiger partial charge is 0.356 e. The number of hydrogen-bond acceptors (Lipinski definition) is 5. The Balaban J connectivity index is 1.90. The van der Waals surface area contributed by atoms with Crippen LogP contribution in [0.3, 0.4) is 0 Å². The third-order valence-electron chi connectivity index (χ3n) is 3.92. The number of aromatic nitrogens is 4. The average Bonchev–Trinajstić information content (AvgIpc) is 3.31. The van der Waals surface area contributed by atoms with Gasteiger partial charge in [-0.05, 0) is 25.0 Å². The quantitative estimate of drug-likeness (QED) is 0.660. The third kappa shape index (κ3) is 2.50. The second kappa shape index (κ2) is 5.42. The summed E-state index contributed by atoms with van der Waals surface area (Å²) in [5.41, 5.74) is 2.72. The summed E-state index contributed by atoms with van der Waals surface area (Å²) < 4.78 is 7.28. The number of halogens is 1. The lowest BCUT2D eigenvalue weighted by molar-refractivity contribution is 0.0594. The minimum Gasteiger partial charge on any atom is -0.464 e. The highest BCUT2D eigenvalue weighted by molar-refractivity contribution is 9.10. The number of rotatable bonds is 3. The third-order valence-corrected chi connectivity index (χ3v) is 4.57. The molecule has 1 aromatic carbocycles. The fraction of sp³-hybridized carbons (Fsp3) is 0.250. The van der Waals surface area contributed by atoms with Crippen LogP contribution >= 0.6 is 15.9 Å². The number of nitrogens with zero attached hydrogens (tertiary/aromatic N) is 4. The minimum absolute atomic E-state index is 0.252. The van der Waals surface area contributed by atoms with Gasteiger partial charge < -0.3 is 4.74 Å². The van der Waals surface area contributed by atoms with Gasteiger partial charge in [-0.15, -0.1) is 5.10 Å². The molecule has 23 heavy (non-hydrogen) atoms. The Hall–Kier alpha value is -2.28. The molecule has 0 spiro atoms. The second-order valence-electron chi connectivity index (χ2n) is 5.52. The fourth-order valence-corrected chi connectivity index (χ4v) is 3.08. The van der Waals surface area contributed by atoms with Gasteiger partial charge in [0.25, 0.3) is 0 Å². The van der Waals surface area contributed by atoms with E-state index < -0.39 is 5.97 Å². The number of para-hydroxylation sites is 1. The molecule has 3 aromatic rings. The van der Waals surface area contributed by atoms with E-state index >= 15 is 0 Å². The molecule has 2 aromatic heterocycles. The minimum atomic E-state index is -0.473. The Kier molecular flexibility index (Phi) is 3.37. The van der Waals surface area contributed by atoms with Gasteiger partial charge in [0, 0.05) is 15.8 Å². The van der Waals surface area contributed by atoms with Gasteiger partial charge >= 0.3 is 5.97 Å². The molecule has 6 nitrogen and oxygen atoms in total.